The zero-order valence-corrected chi connectivity index (χ0v) is 19.6. The third-order valence-corrected chi connectivity index (χ3v) is 7.24. The Morgan fingerprint density at radius 1 is 1.19 bits per heavy atom. The van der Waals surface area contributed by atoms with Gasteiger partial charge in [-0.3, -0.25) is 9.78 Å². The Bertz CT molecular complexity index is 1150. The van der Waals surface area contributed by atoms with Crippen LogP contribution >= 0.6 is 0 Å². The van der Waals surface area contributed by atoms with Gasteiger partial charge in [0.05, 0.1) is 24.3 Å². The number of piperidine rings is 1. The number of fused-ring (bicyclic) bond motifs is 1. The van der Waals surface area contributed by atoms with Crippen molar-refractivity contribution in [3.63, 3.8) is 0 Å². The monoisotopic (exact) mass is 431 g/mol. The molecule has 2 aliphatic heterocycles. The molecule has 2 aromatic heterocycles. The number of H-pyrrole nitrogens is 1. The molecule has 5 rings (SSSR count). The van der Waals surface area contributed by atoms with E-state index in [1.165, 1.54) is 33.3 Å². The van der Waals surface area contributed by atoms with E-state index in [1.54, 1.807) is 0 Å². The highest BCUT2D eigenvalue weighted by atomic mass is 16.5. The maximum Gasteiger partial charge on any atom is 0.233 e. The normalized spacial score (nSPS) is 18.8. The molecule has 4 heterocycles. The van der Waals surface area contributed by atoms with Crippen molar-refractivity contribution in [2.24, 2.45) is 5.41 Å². The van der Waals surface area contributed by atoms with Crippen molar-refractivity contribution in [3.05, 3.63) is 53.3 Å². The second-order valence-electron chi connectivity index (χ2n) is 10.2. The second kappa shape index (κ2) is 8.04. The molecule has 3 aromatic rings. The summed E-state index contributed by atoms with van der Waals surface area (Å²) in [6.07, 6.45) is 3.93. The van der Waals surface area contributed by atoms with Crippen LogP contribution in [-0.2, 0) is 9.53 Å². The molecule has 0 atom stereocenters. The van der Waals surface area contributed by atoms with Gasteiger partial charge < -0.3 is 14.6 Å². The smallest absolute Gasteiger partial charge is 0.233 e. The van der Waals surface area contributed by atoms with Crippen LogP contribution in [-0.4, -0.2) is 47.1 Å². The summed E-state index contributed by atoms with van der Waals surface area (Å²) in [7, 11) is 0. The van der Waals surface area contributed by atoms with Gasteiger partial charge in [-0.25, -0.2) is 0 Å². The number of carbonyl (C=O) groups is 1. The van der Waals surface area contributed by atoms with Crippen LogP contribution in [0.2, 0.25) is 0 Å². The highest BCUT2D eigenvalue weighted by Gasteiger charge is 2.44. The minimum atomic E-state index is -0.301. The van der Waals surface area contributed by atoms with Gasteiger partial charge in [0.1, 0.15) is 0 Å². The lowest BCUT2D eigenvalue weighted by atomic mass is 9.84. The molecule has 0 spiro atoms. The molecule has 1 amide bonds. The summed E-state index contributed by atoms with van der Waals surface area (Å²) < 4.78 is 5.30. The summed E-state index contributed by atoms with van der Waals surface area (Å²) in [6.45, 7) is 11.4. The molecular weight excluding hydrogens is 398 g/mol. The minimum absolute atomic E-state index is 0.266. The van der Waals surface area contributed by atoms with Crippen molar-refractivity contribution in [1.29, 1.82) is 0 Å². The number of aromatic amines is 1. The molecule has 2 aliphatic rings. The number of hydrogen-bond donors (Lipinski definition) is 1. The number of pyridine rings is 1. The molecule has 0 bridgehead atoms. The quantitative estimate of drug-likeness (QED) is 0.601. The number of aromatic nitrogens is 2. The number of hydrogen-bond acceptors (Lipinski definition) is 3. The number of carbonyl (C=O) groups excluding carboxylic acids is 1. The summed E-state index contributed by atoms with van der Waals surface area (Å²) in [5.74, 6) is 1.17. The number of nitrogens with one attached hydrogen (secondary N) is 1. The van der Waals surface area contributed by atoms with Gasteiger partial charge >= 0.3 is 0 Å². The Hall–Kier alpha value is -2.66. The van der Waals surface area contributed by atoms with Crippen LogP contribution in [0.4, 0.5) is 0 Å². The van der Waals surface area contributed by atoms with Gasteiger partial charge in [-0.05, 0) is 73.9 Å². The molecule has 0 radical (unpaired) electrons. The number of ether oxygens (including phenoxy) is 1. The van der Waals surface area contributed by atoms with Crippen molar-refractivity contribution in [2.75, 3.05) is 26.3 Å². The number of amides is 1. The van der Waals surface area contributed by atoms with Crippen LogP contribution in [0.15, 0.2) is 36.5 Å². The Morgan fingerprint density at radius 2 is 1.94 bits per heavy atom. The van der Waals surface area contributed by atoms with E-state index in [9.17, 15) is 4.79 Å². The fourth-order valence-corrected chi connectivity index (χ4v) is 5.34. The lowest BCUT2D eigenvalue weighted by Gasteiger charge is -2.42. The van der Waals surface area contributed by atoms with Crippen LogP contribution in [0.25, 0.3) is 22.2 Å². The Morgan fingerprint density at radius 3 is 2.56 bits per heavy atom. The summed E-state index contributed by atoms with van der Waals surface area (Å²) in [5, 5.41) is 1.32. The predicted octanol–water partition coefficient (Wildman–Crippen LogP) is 5.40. The van der Waals surface area contributed by atoms with Gasteiger partial charge in [0.2, 0.25) is 5.91 Å². The average Bonchev–Trinajstić information content (AvgIpc) is 3.16. The molecule has 1 aromatic carbocycles. The van der Waals surface area contributed by atoms with Gasteiger partial charge in [0.15, 0.2) is 0 Å². The Labute approximate surface area is 190 Å². The maximum absolute atomic E-state index is 12.8. The van der Waals surface area contributed by atoms with Crippen molar-refractivity contribution in [3.8, 4) is 11.3 Å². The lowest BCUT2D eigenvalue weighted by molar-refractivity contribution is -0.169. The Kier molecular flexibility index (Phi) is 5.32. The fraction of sp³-hybridized carbons (Fsp3) is 0.481. The first-order valence-electron chi connectivity index (χ1n) is 11.8. The molecule has 168 valence electrons. The molecule has 2 fully saturated rings. The molecule has 2 saturated heterocycles. The maximum atomic E-state index is 12.8. The summed E-state index contributed by atoms with van der Waals surface area (Å²) in [5.41, 5.74) is 7.07. The number of likely N-dealkylation sites (tertiary alicyclic amines) is 1. The van der Waals surface area contributed by atoms with Crippen LogP contribution in [0.1, 0.15) is 62.3 Å². The third-order valence-electron chi connectivity index (χ3n) is 7.24. The predicted molar refractivity (Wildman–Crippen MR) is 128 cm³/mol. The van der Waals surface area contributed by atoms with Gasteiger partial charge in [0, 0.05) is 41.4 Å². The van der Waals surface area contributed by atoms with Crippen LogP contribution in [0.3, 0.4) is 0 Å². The first-order chi connectivity index (χ1) is 15.4. The molecule has 1 N–H and O–H groups in total. The highest BCUT2D eigenvalue weighted by molar-refractivity contribution is 5.92. The zero-order chi connectivity index (χ0) is 22.5. The average molecular weight is 432 g/mol. The molecule has 0 aliphatic carbocycles. The van der Waals surface area contributed by atoms with E-state index in [1.807, 2.05) is 20.0 Å². The van der Waals surface area contributed by atoms with Crippen molar-refractivity contribution >= 4 is 16.8 Å². The number of aryl methyl sites for hydroxylation is 1. The van der Waals surface area contributed by atoms with Gasteiger partial charge in [-0.2, -0.15) is 0 Å². The largest absolute Gasteiger partial charge is 0.379 e. The van der Waals surface area contributed by atoms with E-state index in [0.29, 0.717) is 25.0 Å². The van der Waals surface area contributed by atoms with Gasteiger partial charge in [-0.15, -0.1) is 0 Å². The number of benzene rings is 1. The summed E-state index contributed by atoms with van der Waals surface area (Å²) >= 11 is 0. The fourth-order valence-electron chi connectivity index (χ4n) is 5.34. The number of nitrogens with zero attached hydrogens (tertiary/aromatic N) is 2. The standard InChI is InChI=1S/C27H33N3O2/c1-17(2)24-22-14-20(5-6-23(22)29-25(24)21-7-10-28-18(3)13-21)19-8-11-30(12-9-19)26(31)27(4)15-32-16-27/h5-7,10,13-14,17,19,29H,8-9,11-12,15-16H2,1-4H3. The van der Waals surface area contributed by atoms with Crippen molar-refractivity contribution in [2.45, 2.75) is 52.4 Å². The van der Waals surface area contributed by atoms with E-state index in [-0.39, 0.29) is 11.3 Å². The Balaban J connectivity index is 1.41. The minimum Gasteiger partial charge on any atom is -0.379 e. The van der Waals surface area contributed by atoms with Gasteiger partial charge in [-0.1, -0.05) is 19.9 Å². The molecule has 0 unspecified atom stereocenters. The molecule has 32 heavy (non-hydrogen) atoms. The van der Waals surface area contributed by atoms with Crippen molar-refractivity contribution < 1.29 is 9.53 Å². The van der Waals surface area contributed by atoms with E-state index < -0.39 is 0 Å². The first kappa shape index (κ1) is 21.2. The molecule has 0 saturated carbocycles. The molecular formula is C27H33N3O2. The van der Waals surface area contributed by atoms with Crippen LogP contribution in [0.5, 0.6) is 0 Å². The lowest BCUT2D eigenvalue weighted by Crippen LogP contribution is -2.54. The topological polar surface area (TPSA) is 58.2 Å². The zero-order valence-electron chi connectivity index (χ0n) is 19.6. The van der Waals surface area contributed by atoms with E-state index in [2.05, 4.69) is 59.0 Å². The van der Waals surface area contributed by atoms with Crippen LogP contribution in [0, 0.1) is 12.3 Å². The third kappa shape index (κ3) is 3.62. The van der Waals surface area contributed by atoms with Crippen molar-refractivity contribution in [1.82, 2.24) is 14.9 Å². The summed E-state index contributed by atoms with van der Waals surface area (Å²) in [4.78, 5) is 22.9. The van der Waals surface area contributed by atoms with E-state index in [0.717, 1.165) is 31.6 Å². The molecule has 5 nitrogen and oxygen atoms in total. The highest BCUT2D eigenvalue weighted by Crippen LogP contribution is 2.39. The van der Waals surface area contributed by atoms with E-state index in [4.69, 9.17) is 4.74 Å². The molecule has 5 heteroatoms. The van der Waals surface area contributed by atoms with Gasteiger partial charge in [0.25, 0.3) is 0 Å². The first-order valence-corrected chi connectivity index (χ1v) is 11.8. The van der Waals surface area contributed by atoms with Crippen LogP contribution < -0.4 is 0 Å². The number of rotatable bonds is 4. The summed E-state index contributed by atoms with van der Waals surface area (Å²) in [6, 6.07) is 11.1. The van der Waals surface area contributed by atoms with E-state index >= 15 is 0 Å². The SMILES string of the molecule is Cc1cc(-c2[nH]c3ccc(C4CCN(C(=O)C5(C)COC5)CC4)cc3c2C(C)C)ccn1. The second-order valence-corrected chi connectivity index (χ2v) is 10.2.